The Morgan fingerprint density at radius 1 is 1.00 bits per heavy atom. The quantitative estimate of drug-likeness (QED) is 0.848. The van der Waals surface area contributed by atoms with E-state index >= 15 is 0 Å². The van der Waals surface area contributed by atoms with Gasteiger partial charge in [0.25, 0.3) is 0 Å². The van der Waals surface area contributed by atoms with Crippen LogP contribution < -0.4 is 5.32 Å². The van der Waals surface area contributed by atoms with Gasteiger partial charge >= 0.3 is 5.97 Å². The minimum atomic E-state index is -1.23. The molecule has 0 unspecified atom stereocenters. The number of carboxylic acids is 1. The Bertz CT molecular complexity index is 770. The molecular formula is C16H12ClNO4. The zero-order valence-electron chi connectivity index (χ0n) is 11.6. The number of nitrogens with one attached hydrogen (secondary N) is 1. The predicted octanol–water partition coefficient (Wildman–Crippen LogP) is 3.23. The lowest BCUT2D eigenvalue weighted by Crippen LogP contribution is -2.12. The van der Waals surface area contributed by atoms with Gasteiger partial charge in [0.15, 0.2) is 5.78 Å². The highest BCUT2D eigenvalue weighted by atomic mass is 35.5. The third-order valence-electron chi connectivity index (χ3n) is 2.93. The third kappa shape index (κ3) is 3.32. The van der Waals surface area contributed by atoms with Crippen LogP contribution in [0.15, 0.2) is 42.5 Å². The van der Waals surface area contributed by atoms with E-state index in [1.54, 1.807) is 18.2 Å². The van der Waals surface area contributed by atoms with Crippen LogP contribution in [-0.4, -0.2) is 22.8 Å². The predicted molar refractivity (Wildman–Crippen MR) is 82.6 cm³/mol. The van der Waals surface area contributed by atoms with Gasteiger partial charge in [0, 0.05) is 23.7 Å². The number of halogens is 1. The zero-order chi connectivity index (χ0) is 16.3. The average molecular weight is 318 g/mol. The first-order valence-electron chi connectivity index (χ1n) is 6.34. The van der Waals surface area contributed by atoms with Crippen LogP contribution in [0.5, 0.6) is 0 Å². The SMILES string of the molecule is CC(=O)Nc1ccc(C(=O)O)c(C(=O)c2ccccc2Cl)c1. The molecule has 0 radical (unpaired) electrons. The molecule has 22 heavy (non-hydrogen) atoms. The van der Waals surface area contributed by atoms with E-state index in [2.05, 4.69) is 5.32 Å². The van der Waals surface area contributed by atoms with Gasteiger partial charge in [0.1, 0.15) is 0 Å². The van der Waals surface area contributed by atoms with Crippen molar-refractivity contribution in [3.05, 3.63) is 64.2 Å². The van der Waals surface area contributed by atoms with Gasteiger partial charge in [-0.2, -0.15) is 0 Å². The third-order valence-corrected chi connectivity index (χ3v) is 3.26. The Morgan fingerprint density at radius 3 is 2.27 bits per heavy atom. The molecule has 0 aromatic heterocycles. The maximum absolute atomic E-state index is 12.6. The molecule has 0 heterocycles. The van der Waals surface area contributed by atoms with Crippen molar-refractivity contribution in [3.8, 4) is 0 Å². The van der Waals surface area contributed by atoms with E-state index in [0.717, 1.165) is 0 Å². The fourth-order valence-corrected chi connectivity index (χ4v) is 2.21. The highest BCUT2D eigenvalue weighted by molar-refractivity contribution is 6.35. The molecule has 5 nitrogen and oxygen atoms in total. The summed E-state index contributed by atoms with van der Waals surface area (Å²) in [6.45, 7) is 1.32. The van der Waals surface area contributed by atoms with Crippen molar-refractivity contribution >= 4 is 34.9 Å². The van der Waals surface area contributed by atoms with Gasteiger partial charge in [-0.3, -0.25) is 9.59 Å². The molecule has 0 aliphatic heterocycles. The molecule has 2 aromatic rings. The molecule has 2 N–H and O–H groups in total. The Hall–Kier alpha value is -2.66. The molecule has 0 aliphatic carbocycles. The molecule has 1 amide bonds. The van der Waals surface area contributed by atoms with Crippen LogP contribution in [0.3, 0.4) is 0 Å². The smallest absolute Gasteiger partial charge is 0.336 e. The number of carbonyl (C=O) groups excluding carboxylic acids is 2. The van der Waals surface area contributed by atoms with Crippen LogP contribution >= 0.6 is 11.6 Å². The van der Waals surface area contributed by atoms with Crippen LogP contribution in [0.4, 0.5) is 5.69 Å². The van der Waals surface area contributed by atoms with Crippen molar-refractivity contribution in [3.63, 3.8) is 0 Å². The molecule has 0 fully saturated rings. The number of ketones is 1. The van der Waals surface area contributed by atoms with E-state index < -0.39 is 11.8 Å². The van der Waals surface area contributed by atoms with Crippen LogP contribution in [0.2, 0.25) is 5.02 Å². The summed E-state index contributed by atoms with van der Waals surface area (Å²) in [5.74, 6) is -2.07. The number of hydrogen-bond acceptors (Lipinski definition) is 3. The van der Waals surface area contributed by atoms with Crippen LogP contribution in [0.25, 0.3) is 0 Å². The lowest BCUT2D eigenvalue weighted by molar-refractivity contribution is -0.114. The number of carboxylic acid groups (broad SMARTS) is 1. The molecule has 0 bridgehead atoms. The normalized spacial score (nSPS) is 10.1. The zero-order valence-corrected chi connectivity index (χ0v) is 12.3. The van der Waals surface area contributed by atoms with Crippen LogP contribution in [0.1, 0.15) is 33.2 Å². The fourth-order valence-electron chi connectivity index (χ4n) is 1.99. The van der Waals surface area contributed by atoms with Gasteiger partial charge in [-0.05, 0) is 30.3 Å². The molecule has 6 heteroatoms. The van der Waals surface area contributed by atoms with Gasteiger partial charge in [-0.1, -0.05) is 23.7 Å². The summed E-state index contributed by atoms with van der Waals surface area (Å²) < 4.78 is 0. The van der Waals surface area contributed by atoms with Gasteiger partial charge in [-0.15, -0.1) is 0 Å². The first-order valence-corrected chi connectivity index (χ1v) is 6.72. The van der Waals surface area contributed by atoms with Crippen molar-refractivity contribution in [2.45, 2.75) is 6.92 Å². The highest BCUT2D eigenvalue weighted by Crippen LogP contribution is 2.23. The number of benzene rings is 2. The average Bonchev–Trinajstić information content (AvgIpc) is 2.46. The first-order chi connectivity index (χ1) is 10.4. The van der Waals surface area contributed by atoms with Crippen LogP contribution in [0, 0.1) is 0 Å². The molecule has 0 atom stereocenters. The Balaban J connectivity index is 2.56. The number of aromatic carboxylic acids is 1. The first kappa shape index (κ1) is 15.7. The van der Waals surface area contributed by atoms with Gasteiger partial charge in [0.05, 0.1) is 10.6 Å². The largest absolute Gasteiger partial charge is 0.478 e. The van der Waals surface area contributed by atoms with Gasteiger partial charge in [0.2, 0.25) is 5.91 Å². The second-order valence-electron chi connectivity index (χ2n) is 4.56. The summed E-state index contributed by atoms with van der Waals surface area (Å²) >= 11 is 5.99. The maximum atomic E-state index is 12.6. The van der Waals surface area contributed by atoms with Crippen molar-refractivity contribution in [2.24, 2.45) is 0 Å². The summed E-state index contributed by atoms with van der Waals surface area (Å²) in [6, 6.07) is 10.4. The van der Waals surface area contributed by atoms with E-state index in [-0.39, 0.29) is 27.6 Å². The Labute approximate surface area is 131 Å². The minimum Gasteiger partial charge on any atom is -0.478 e. The molecule has 0 aliphatic rings. The van der Waals surface area contributed by atoms with E-state index in [4.69, 9.17) is 11.6 Å². The molecule has 0 spiro atoms. The fraction of sp³-hybridized carbons (Fsp3) is 0.0625. The standard InChI is InChI=1S/C16H12ClNO4/c1-9(19)18-10-6-7-11(16(21)22)13(8-10)15(20)12-4-2-3-5-14(12)17/h2-8H,1H3,(H,18,19)(H,21,22). The van der Waals surface area contributed by atoms with Gasteiger partial charge < -0.3 is 10.4 Å². The maximum Gasteiger partial charge on any atom is 0.336 e. The highest BCUT2D eigenvalue weighted by Gasteiger charge is 2.20. The van der Waals surface area contributed by atoms with Crippen molar-refractivity contribution < 1.29 is 19.5 Å². The van der Waals surface area contributed by atoms with E-state index in [1.807, 2.05) is 0 Å². The summed E-state index contributed by atoms with van der Waals surface area (Å²) in [5.41, 5.74) is 0.352. The topological polar surface area (TPSA) is 83.5 Å². The van der Waals surface area contributed by atoms with Gasteiger partial charge in [-0.25, -0.2) is 4.79 Å². The molecule has 0 saturated heterocycles. The number of anilines is 1. The molecule has 0 saturated carbocycles. The summed E-state index contributed by atoms with van der Waals surface area (Å²) in [5, 5.41) is 12.0. The summed E-state index contributed by atoms with van der Waals surface area (Å²) in [6.07, 6.45) is 0. The number of hydrogen-bond donors (Lipinski definition) is 2. The van der Waals surface area contributed by atoms with Crippen LogP contribution in [-0.2, 0) is 4.79 Å². The molecule has 112 valence electrons. The van der Waals surface area contributed by atoms with E-state index in [1.165, 1.54) is 31.2 Å². The summed E-state index contributed by atoms with van der Waals surface area (Å²) in [7, 11) is 0. The molecular weight excluding hydrogens is 306 g/mol. The lowest BCUT2D eigenvalue weighted by Gasteiger charge is -2.10. The lowest BCUT2D eigenvalue weighted by atomic mass is 9.97. The van der Waals surface area contributed by atoms with E-state index in [0.29, 0.717) is 5.69 Å². The number of rotatable bonds is 4. The van der Waals surface area contributed by atoms with E-state index in [9.17, 15) is 19.5 Å². The van der Waals surface area contributed by atoms with Crippen molar-refractivity contribution in [1.29, 1.82) is 0 Å². The van der Waals surface area contributed by atoms with Crippen molar-refractivity contribution in [1.82, 2.24) is 0 Å². The second kappa shape index (κ2) is 6.41. The Kier molecular flexibility index (Phi) is 4.58. The number of carbonyl (C=O) groups is 3. The molecule has 2 aromatic carbocycles. The number of amides is 1. The van der Waals surface area contributed by atoms with Crippen molar-refractivity contribution in [2.75, 3.05) is 5.32 Å². The molecule has 2 rings (SSSR count). The second-order valence-corrected chi connectivity index (χ2v) is 4.96. The minimum absolute atomic E-state index is 0.0353. The summed E-state index contributed by atoms with van der Waals surface area (Å²) in [4.78, 5) is 35.0. The monoisotopic (exact) mass is 317 g/mol. The Morgan fingerprint density at radius 2 is 1.68 bits per heavy atom.